The zero-order valence-electron chi connectivity index (χ0n) is 9.65. The van der Waals surface area contributed by atoms with Crippen LogP contribution in [0.25, 0.3) is 0 Å². The molecule has 2 N–H and O–H groups in total. The molecule has 0 amide bonds. The minimum Gasteiger partial charge on any atom is -0.384 e. The van der Waals surface area contributed by atoms with Crippen molar-refractivity contribution in [2.75, 3.05) is 32.0 Å². The van der Waals surface area contributed by atoms with Gasteiger partial charge in [0.1, 0.15) is 5.82 Å². The first-order chi connectivity index (χ1) is 7.79. The van der Waals surface area contributed by atoms with E-state index in [9.17, 15) is 0 Å². The Morgan fingerprint density at radius 3 is 3.00 bits per heavy atom. The second kappa shape index (κ2) is 3.75. The van der Waals surface area contributed by atoms with Gasteiger partial charge in [-0.05, 0) is 6.54 Å². The number of likely N-dealkylation sites (N-methyl/N-ethyl adjacent to an activating group) is 1. The smallest absolute Gasteiger partial charge is 0.125 e. The molecule has 2 aliphatic heterocycles. The monoisotopic (exact) mass is 222 g/mol. The van der Waals surface area contributed by atoms with Gasteiger partial charge in [0.05, 0.1) is 24.9 Å². The van der Waals surface area contributed by atoms with Crippen LogP contribution in [0.5, 0.6) is 0 Å². The Labute approximate surface area is 95.2 Å². The molecule has 3 heterocycles. The molecule has 0 spiro atoms. The summed E-state index contributed by atoms with van der Waals surface area (Å²) in [7, 11) is 0. The molecule has 1 aromatic rings. The first-order valence-corrected chi connectivity index (χ1v) is 5.95. The molecule has 16 heavy (non-hydrogen) atoms. The van der Waals surface area contributed by atoms with E-state index in [4.69, 9.17) is 10.5 Å². The number of ether oxygens (including phenoxy) is 1. The standard InChI is InChI=1S/C11H18N4O/c1-2-14-5-8(6-14)15-11(12)9-3-4-16-7-10(9)13-15/h8H,2-7,12H2,1H3. The van der Waals surface area contributed by atoms with Crippen molar-refractivity contribution in [1.29, 1.82) is 0 Å². The largest absolute Gasteiger partial charge is 0.384 e. The number of nitrogen functional groups attached to an aromatic ring is 1. The van der Waals surface area contributed by atoms with E-state index in [2.05, 4.69) is 16.9 Å². The summed E-state index contributed by atoms with van der Waals surface area (Å²) in [6.07, 6.45) is 0.908. The number of aromatic nitrogens is 2. The molecular formula is C11H18N4O. The van der Waals surface area contributed by atoms with Gasteiger partial charge in [-0.25, -0.2) is 4.68 Å². The van der Waals surface area contributed by atoms with E-state index in [-0.39, 0.29) is 0 Å². The predicted octanol–water partition coefficient (Wildman–Crippen LogP) is 0.415. The van der Waals surface area contributed by atoms with Crippen molar-refractivity contribution in [2.24, 2.45) is 0 Å². The van der Waals surface area contributed by atoms with Crippen LogP contribution < -0.4 is 5.73 Å². The Hall–Kier alpha value is -1.07. The number of fused-ring (bicyclic) bond motifs is 1. The van der Waals surface area contributed by atoms with Crippen molar-refractivity contribution >= 4 is 5.82 Å². The van der Waals surface area contributed by atoms with Crippen LogP contribution in [0.2, 0.25) is 0 Å². The van der Waals surface area contributed by atoms with Gasteiger partial charge >= 0.3 is 0 Å². The van der Waals surface area contributed by atoms with Crippen LogP contribution in [-0.2, 0) is 17.8 Å². The Morgan fingerprint density at radius 1 is 1.50 bits per heavy atom. The highest BCUT2D eigenvalue weighted by Crippen LogP contribution is 2.29. The molecule has 5 heteroatoms. The molecule has 5 nitrogen and oxygen atoms in total. The lowest BCUT2D eigenvalue weighted by Crippen LogP contribution is -2.47. The third-order valence-electron chi connectivity index (χ3n) is 3.60. The van der Waals surface area contributed by atoms with Gasteiger partial charge in [-0.3, -0.25) is 4.90 Å². The number of nitrogens with two attached hydrogens (primary N) is 1. The van der Waals surface area contributed by atoms with Crippen LogP contribution in [0.3, 0.4) is 0 Å². The van der Waals surface area contributed by atoms with E-state index in [0.717, 1.165) is 44.2 Å². The summed E-state index contributed by atoms with van der Waals surface area (Å²) < 4.78 is 7.40. The van der Waals surface area contributed by atoms with Crippen LogP contribution in [0, 0.1) is 0 Å². The molecule has 0 saturated carbocycles. The lowest BCUT2D eigenvalue weighted by atomic mass is 10.1. The van der Waals surface area contributed by atoms with Crippen LogP contribution in [-0.4, -0.2) is 40.9 Å². The van der Waals surface area contributed by atoms with Crippen molar-refractivity contribution in [3.63, 3.8) is 0 Å². The van der Waals surface area contributed by atoms with Crippen molar-refractivity contribution in [3.05, 3.63) is 11.3 Å². The lowest BCUT2D eigenvalue weighted by molar-refractivity contribution is 0.0992. The fraction of sp³-hybridized carbons (Fsp3) is 0.727. The molecule has 0 atom stereocenters. The van der Waals surface area contributed by atoms with Crippen LogP contribution in [0.15, 0.2) is 0 Å². The fourth-order valence-corrected chi connectivity index (χ4v) is 2.50. The van der Waals surface area contributed by atoms with Crippen LogP contribution in [0.4, 0.5) is 5.82 Å². The van der Waals surface area contributed by atoms with E-state index in [1.807, 2.05) is 4.68 Å². The van der Waals surface area contributed by atoms with Gasteiger partial charge in [0.2, 0.25) is 0 Å². The van der Waals surface area contributed by atoms with Crippen molar-refractivity contribution in [1.82, 2.24) is 14.7 Å². The summed E-state index contributed by atoms with van der Waals surface area (Å²) in [6.45, 7) is 6.83. The summed E-state index contributed by atoms with van der Waals surface area (Å²) in [6, 6.07) is 0.463. The number of likely N-dealkylation sites (tertiary alicyclic amines) is 1. The van der Waals surface area contributed by atoms with Gasteiger partial charge < -0.3 is 10.5 Å². The number of nitrogens with zero attached hydrogens (tertiary/aromatic N) is 3. The Morgan fingerprint density at radius 2 is 2.31 bits per heavy atom. The van der Waals surface area contributed by atoms with Crippen molar-refractivity contribution in [3.8, 4) is 0 Å². The van der Waals surface area contributed by atoms with Gasteiger partial charge in [0.25, 0.3) is 0 Å². The molecule has 3 rings (SSSR count). The summed E-state index contributed by atoms with van der Waals surface area (Å²) in [5, 5.41) is 4.58. The quantitative estimate of drug-likeness (QED) is 0.787. The third kappa shape index (κ3) is 1.43. The average molecular weight is 222 g/mol. The topological polar surface area (TPSA) is 56.3 Å². The molecule has 2 aliphatic rings. The van der Waals surface area contributed by atoms with Crippen molar-refractivity contribution in [2.45, 2.75) is 26.0 Å². The normalized spacial score (nSPS) is 21.8. The molecule has 1 fully saturated rings. The summed E-state index contributed by atoms with van der Waals surface area (Å²) >= 11 is 0. The van der Waals surface area contributed by atoms with Gasteiger partial charge in [-0.2, -0.15) is 5.10 Å². The minimum atomic E-state index is 0.463. The van der Waals surface area contributed by atoms with Gasteiger partial charge in [-0.1, -0.05) is 6.92 Å². The Bertz CT molecular complexity index is 395. The maximum Gasteiger partial charge on any atom is 0.125 e. The number of hydrogen-bond donors (Lipinski definition) is 1. The first kappa shape index (κ1) is 10.1. The maximum atomic E-state index is 6.15. The predicted molar refractivity (Wildman–Crippen MR) is 61.2 cm³/mol. The van der Waals surface area contributed by atoms with Crippen molar-refractivity contribution < 1.29 is 4.74 Å². The molecule has 88 valence electrons. The van der Waals surface area contributed by atoms with Gasteiger partial charge in [0.15, 0.2) is 0 Å². The molecular weight excluding hydrogens is 204 g/mol. The van der Waals surface area contributed by atoms with Gasteiger partial charge in [-0.15, -0.1) is 0 Å². The molecule has 0 aromatic carbocycles. The van der Waals surface area contributed by atoms with E-state index in [1.54, 1.807) is 0 Å². The van der Waals surface area contributed by atoms with E-state index in [1.165, 1.54) is 5.56 Å². The van der Waals surface area contributed by atoms with Crippen LogP contribution in [0.1, 0.15) is 24.2 Å². The lowest BCUT2D eigenvalue weighted by Gasteiger charge is -2.38. The highest BCUT2D eigenvalue weighted by molar-refractivity contribution is 5.45. The maximum absolute atomic E-state index is 6.15. The highest BCUT2D eigenvalue weighted by Gasteiger charge is 2.31. The molecule has 0 radical (unpaired) electrons. The fourth-order valence-electron chi connectivity index (χ4n) is 2.50. The number of hydrogen-bond acceptors (Lipinski definition) is 4. The van der Waals surface area contributed by atoms with E-state index >= 15 is 0 Å². The summed E-state index contributed by atoms with van der Waals surface area (Å²) in [5.74, 6) is 0.860. The second-order valence-electron chi connectivity index (χ2n) is 4.56. The molecule has 1 aromatic heterocycles. The summed E-state index contributed by atoms with van der Waals surface area (Å²) in [4.78, 5) is 2.39. The first-order valence-electron chi connectivity index (χ1n) is 5.95. The van der Waals surface area contributed by atoms with E-state index < -0.39 is 0 Å². The zero-order chi connectivity index (χ0) is 11.1. The Balaban J connectivity index is 1.83. The van der Waals surface area contributed by atoms with E-state index in [0.29, 0.717) is 12.6 Å². The van der Waals surface area contributed by atoms with Crippen LogP contribution >= 0.6 is 0 Å². The average Bonchev–Trinajstić information content (AvgIpc) is 2.56. The summed E-state index contributed by atoms with van der Waals surface area (Å²) in [5.41, 5.74) is 8.40. The minimum absolute atomic E-state index is 0.463. The second-order valence-corrected chi connectivity index (χ2v) is 4.56. The molecule has 0 unspecified atom stereocenters. The highest BCUT2D eigenvalue weighted by atomic mass is 16.5. The van der Waals surface area contributed by atoms with Gasteiger partial charge in [0, 0.05) is 25.1 Å². The zero-order valence-corrected chi connectivity index (χ0v) is 9.65. The molecule has 0 aliphatic carbocycles. The third-order valence-corrected chi connectivity index (χ3v) is 3.60. The SMILES string of the molecule is CCN1CC(n2nc3c(c2N)CCOC3)C1. The Kier molecular flexibility index (Phi) is 2.37. The number of rotatable bonds is 2. The molecule has 0 bridgehead atoms. The molecule has 1 saturated heterocycles. The number of anilines is 1.